The maximum absolute atomic E-state index is 5.56. The van der Waals surface area contributed by atoms with Crippen LogP contribution in [0.5, 0.6) is 0 Å². The molecule has 0 N–H and O–H groups in total. The normalized spacial score (nSPS) is 11.2. The molecule has 0 amide bonds. The minimum atomic E-state index is -0.242. The van der Waals surface area contributed by atoms with Gasteiger partial charge in [-0.2, -0.15) is 0 Å². The van der Waals surface area contributed by atoms with Crippen LogP contribution in [-0.2, 0) is 0 Å². The third-order valence-corrected chi connectivity index (χ3v) is 3.31. The molecule has 0 heterocycles. The molecule has 0 saturated heterocycles. The first-order valence-electron chi connectivity index (χ1n) is 3.04. The topological polar surface area (TPSA) is 0 Å². The molecular weight excluding hydrogens is 171 g/mol. The number of rotatable bonds is 3. The van der Waals surface area contributed by atoms with Crippen molar-refractivity contribution in [3.05, 3.63) is 11.6 Å². The number of allylic oxidation sites excluding steroid dienone is 2. The second-order valence-corrected chi connectivity index (χ2v) is 6.53. The van der Waals surface area contributed by atoms with Crippen molar-refractivity contribution < 1.29 is 0 Å². The van der Waals surface area contributed by atoms with Crippen molar-refractivity contribution in [2.24, 2.45) is 0 Å². The molecule has 0 nitrogen and oxygen atoms in total. The molecule has 0 spiro atoms. The van der Waals surface area contributed by atoms with Gasteiger partial charge in [0.15, 0.2) is 0 Å². The number of hydrogen-bond acceptors (Lipinski definition) is 0. The summed E-state index contributed by atoms with van der Waals surface area (Å²) in [6.07, 6.45) is 2.20. The largest absolute Gasteiger partial charge is 0.110 e. The van der Waals surface area contributed by atoms with E-state index in [1.165, 1.54) is 5.57 Å². The molecule has 0 bridgehead atoms. The van der Waals surface area contributed by atoms with Gasteiger partial charge in [0.05, 0.1) is 14.0 Å². The molecule has 0 fully saturated rings. The van der Waals surface area contributed by atoms with Crippen LogP contribution in [0.2, 0.25) is 6.04 Å². The van der Waals surface area contributed by atoms with Gasteiger partial charge in [0, 0.05) is 0 Å². The van der Waals surface area contributed by atoms with E-state index in [-0.39, 0.29) is 14.0 Å². The van der Waals surface area contributed by atoms with Gasteiger partial charge in [0.2, 0.25) is 0 Å². The van der Waals surface area contributed by atoms with Crippen LogP contribution in [0.15, 0.2) is 11.6 Å². The molecular formula is C6H12Cl2Si. The Morgan fingerprint density at radius 1 is 1.56 bits per heavy atom. The predicted molar refractivity (Wildman–Crippen MR) is 48.3 cm³/mol. The van der Waals surface area contributed by atoms with E-state index in [9.17, 15) is 0 Å². The van der Waals surface area contributed by atoms with Gasteiger partial charge >= 0.3 is 0 Å². The van der Waals surface area contributed by atoms with Gasteiger partial charge in [-0.15, -0.1) is 23.2 Å². The number of alkyl halides is 2. The lowest BCUT2D eigenvalue weighted by Crippen LogP contribution is -1.98. The Bertz CT molecular complexity index is 95.2. The van der Waals surface area contributed by atoms with E-state index >= 15 is 0 Å². The van der Waals surface area contributed by atoms with Crippen LogP contribution in [0.4, 0.5) is 0 Å². The van der Waals surface area contributed by atoms with Gasteiger partial charge in [-0.3, -0.25) is 0 Å². The summed E-state index contributed by atoms with van der Waals surface area (Å²) in [6.45, 7) is 4.18. The van der Waals surface area contributed by atoms with Crippen molar-refractivity contribution in [2.45, 2.75) is 24.4 Å². The maximum Gasteiger partial charge on any atom is 0.0910 e. The molecule has 3 heteroatoms. The van der Waals surface area contributed by atoms with Gasteiger partial charge in [-0.05, 0) is 19.9 Å². The van der Waals surface area contributed by atoms with Crippen molar-refractivity contribution in [3.63, 3.8) is 0 Å². The number of halogens is 2. The highest BCUT2D eigenvalue weighted by Gasteiger charge is 1.95. The summed E-state index contributed by atoms with van der Waals surface area (Å²) in [5.74, 6) is 0. The van der Waals surface area contributed by atoms with Gasteiger partial charge in [0.25, 0.3) is 0 Å². The minimum Gasteiger partial charge on any atom is -0.110 e. The summed E-state index contributed by atoms with van der Waals surface area (Å²) in [5, 5.41) is 0. The van der Waals surface area contributed by atoms with Crippen LogP contribution < -0.4 is 0 Å². The van der Waals surface area contributed by atoms with Crippen LogP contribution >= 0.6 is 23.2 Å². The second-order valence-electron chi connectivity index (χ2n) is 2.25. The average molecular weight is 183 g/mol. The molecule has 0 saturated carbocycles. The fourth-order valence-electron chi connectivity index (χ4n) is 0.498. The van der Waals surface area contributed by atoms with Gasteiger partial charge in [-0.1, -0.05) is 11.6 Å². The van der Waals surface area contributed by atoms with Crippen molar-refractivity contribution in [1.29, 1.82) is 0 Å². The summed E-state index contributed by atoms with van der Waals surface area (Å²) >= 11 is 11.1. The lowest BCUT2D eigenvalue weighted by atomic mass is 10.3. The molecule has 9 heavy (non-hydrogen) atoms. The van der Waals surface area contributed by atoms with E-state index in [0.29, 0.717) is 0 Å². The van der Waals surface area contributed by atoms with Crippen LogP contribution in [0.3, 0.4) is 0 Å². The zero-order valence-corrected chi connectivity index (χ0v) is 8.75. The molecule has 0 atom stereocenters. The molecule has 0 aromatic heterocycles. The van der Waals surface area contributed by atoms with Gasteiger partial charge in [0.1, 0.15) is 0 Å². The van der Waals surface area contributed by atoms with Crippen molar-refractivity contribution in [3.8, 4) is 0 Å². The van der Waals surface area contributed by atoms with Gasteiger partial charge < -0.3 is 0 Å². The first-order chi connectivity index (χ1) is 4.13. The Labute approximate surface area is 69.1 Å². The monoisotopic (exact) mass is 182 g/mol. The van der Waals surface area contributed by atoms with E-state index in [2.05, 4.69) is 19.9 Å². The van der Waals surface area contributed by atoms with Crippen LogP contribution in [0.25, 0.3) is 0 Å². The highest BCUT2D eigenvalue weighted by Crippen LogP contribution is 2.02. The van der Waals surface area contributed by atoms with Crippen LogP contribution in [0.1, 0.15) is 13.8 Å². The summed E-state index contributed by atoms with van der Waals surface area (Å²) in [7, 11) is -0.242. The van der Waals surface area contributed by atoms with E-state index in [0.717, 1.165) is 6.04 Å². The fraction of sp³-hybridized carbons (Fsp3) is 0.667. The Morgan fingerprint density at radius 2 is 2.11 bits per heavy atom. The Balaban J connectivity index is 3.20. The molecule has 0 aromatic carbocycles. The first-order valence-corrected chi connectivity index (χ1v) is 5.73. The van der Waals surface area contributed by atoms with E-state index in [1.54, 1.807) is 0 Å². The van der Waals surface area contributed by atoms with E-state index in [1.807, 2.05) is 0 Å². The summed E-state index contributed by atoms with van der Waals surface area (Å²) < 4.78 is -0.0689. The lowest BCUT2D eigenvalue weighted by Gasteiger charge is -1.94. The van der Waals surface area contributed by atoms with Crippen LogP contribution in [0, 0.1) is 0 Å². The molecule has 0 unspecified atom stereocenters. The molecule has 0 radical (unpaired) electrons. The quantitative estimate of drug-likeness (QED) is 0.358. The SMILES string of the molecule is CC(C)=CC[SiH2]C(Cl)Cl. The van der Waals surface area contributed by atoms with Crippen LogP contribution in [-0.4, -0.2) is 14.0 Å². The highest BCUT2D eigenvalue weighted by molar-refractivity contribution is 6.68. The third kappa shape index (κ3) is 8.54. The number of hydrogen-bond donors (Lipinski definition) is 0. The average Bonchev–Trinajstić information content (AvgIpc) is 1.63. The van der Waals surface area contributed by atoms with Crippen molar-refractivity contribution in [2.75, 3.05) is 0 Å². The van der Waals surface area contributed by atoms with E-state index < -0.39 is 0 Å². The molecule has 0 aliphatic rings. The third-order valence-electron chi connectivity index (χ3n) is 0.937. The summed E-state index contributed by atoms with van der Waals surface area (Å²) in [5.41, 5.74) is 1.36. The summed E-state index contributed by atoms with van der Waals surface area (Å²) in [6, 6.07) is 1.12. The first kappa shape index (κ1) is 9.54. The zero-order chi connectivity index (χ0) is 7.28. The lowest BCUT2D eigenvalue weighted by molar-refractivity contribution is 1.36. The Kier molecular flexibility index (Phi) is 5.65. The molecule has 0 aromatic rings. The molecule has 0 aliphatic heterocycles. The molecule has 0 rings (SSSR count). The fourth-order valence-corrected chi connectivity index (χ4v) is 2.25. The molecule has 54 valence electrons. The zero-order valence-electron chi connectivity index (χ0n) is 5.82. The smallest absolute Gasteiger partial charge is 0.0910 e. The van der Waals surface area contributed by atoms with Crippen molar-refractivity contribution >= 4 is 32.7 Å². The predicted octanol–water partition coefficient (Wildman–Crippen LogP) is 2.30. The Hall–Kier alpha value is 0.537. The summed E-state index contributed by atoms with van der Waals surface area (Å²) in [4.78, 5) is 0. The second kappa shape index (κ2) is 5.33. The van der Waals surface area contributed by atoms with E-state index in [4.69, 9.17) is 23.2 Å². The van der Waals surface area contributed by atoms with Gasteiger partial charge in [-0.25, -0.2) is 0 Å². The van der Waals surface area contributed by atoms with Crippen molar-refractivity contribution in [1.82, 2.24) is 0 Å². The molecule has 0 aliphatic carbocycles. The standard InChI is InChI=1S/C6H12Cl2Si/c1-5(2)3-4-9-6(7)8/h3,6H,4,9H2,1-2H3. The minimum absolute atomic E-state index is 0.0689. The maximum atomic E-state index is 5.56. The Morgan fingerprint density at radius 3 is 2.44 bits per heavy atom. The highest BCUT2D eigenvalue weighted by atomic mass is 35.5.